The van der Waals surface area contributed by atoms with E-state index in [0.29, 0.717) is 8.58 Å². The highest BCUT2D eigenvalue weighted by Gasteiger charge is 2.07. The van der Waals surface area contributed by atoms with Crippen LogP contribution in [0.25, 0.3) is 10.8 Å². The first-order valence-corrected chi connectivity index (χ1v) is 7.17. The highest BCUT2D eigenvalue weighted by atomic mass is 31.1. The Balaban J connectivity index is 2.11. The van der Waals surface area contributed by atoms with Crippen LogP contribution < -0.4 is 10.6 Å². The summed E-state index contributed by atoms with van der Waals surface area (Å²) in [6, 6.07) is 22.5. The molecule has 0 N–H and O–H groups in total. The molecule has 0 radical (unpaired) electrons. The minimum Gasteiger partial charge on any atom is -0.298 e. The molecule has 0 saturated heterocycles. The lowest BCUT2D eigenvalue weighted by molar-refractivity contribution is 0.112. The van der Waals surface area contributed by atoms with Crippen LogP contribution in [0.1, 0.15) is 10.4 Å². The van der Waals surface area contributed by atoms with Crippen molar-refractivity contribution in [2.75, 3.05) is 0 Å². The van der Waals surface area contributed by atoms with Gasteiger partial charge in [0.25, 0.3) is 0 Å². The lowest BCUT2D eigenvalue weighted by Crippen LogP contribution is -2.09. The SMILES string of the molecule is O=Cc1c(Pc2ccccc2)ccc2ccccc12. The number of aldehydes is 1. The molecule has 0 aromatic heterocycles. The Bertz CT molecular complexity index is 720. The van der Waals surface area contributed by atoms with Gasteiger partial charge in [-0.2, -0.15) is 0 Å². The minimum atomic E-state index is 0.514. The molecule has 1 unspecified atom stereocenters. The van der Waals surface area contributed by atoms with Gasteiger partial charge in [-0.25, -0.2) is 0 Å². The maximum absolute atomic E-state index is 11.4. The average Bonchev–Trinajstić information content (AvgIpc) is 2.48. The van der Waals surface area contributed by atoms with Crippen molar-refractivity contribution in [2.24, 2.45) is 0 Å². The first-order valence-electron chi connectivity index (χ1n) is 6.17. The molecule has 1 atom stereocenters. The molecule has 92 valence electrons. The zero-order valence-corrected chi connectivity index (χ0v) is 11.3. The maximum Gasteiger partial charge on any atom is 0.151 e. The van der Waals surface area contributed by atoms with E-state index >= 15 is 0 Å². The second-order valence-electron chi connectivity index (χ2n) is 4.36. The first-order chi connectivity index (χ1) is 9.38. The van der Waals surface area contributed by atoms with E-state index in [4.69, 9.17) is 0 Å². The van der Waals surface area contributed by atoms with E-state index in [-0.39, 0.29) is 0 Å². The molecule has 3 rings (SSSR count). The summed E-state index contributed by atoms with van der Waals surface area (Å²) in [5.74, 6) is 0. The number of fused-ring (bicyclic) bond motifs is 1. The van der Waals surface area contributed by atoms with Gasteiger partial charge in [-0.15, -0.1) is 0 Å². The summed E-state index contributed by atoms with van der Waals surface area (Å²) in [5.41, 5.74) is 0.820. The van der Waals surface area contributed by atoms with E-state index in [2.05, 4.69) is 24.3 Å². The lowest BCUT2D eigenvalue weighted by Gasteiger charge is -2.08. The van der Waals surface area contributed by atoms with E-state index in [1.807, 2.05) is 42.5 Å². The zero-order chi connectivity index (χ0) is 13.1. The quantitative estimate of drug-likeness (QED) is 0.524. The predicted molar refractivity (Wildman–Crippen MR) is 83.4 cm³/mol. The molecule has 0 aliphatic carbocycles. The van der Waals surface area contributed by atoms with Crippen LogP contribution in [-0.2, 0) is 0 Å². The number of rotatable bonds is 3. The Morgan fingerprint density at radius 2 is 1.53 bits per heavy atom. The standard InChI is InChI=1S/C17H13OP/c18-12-16-15-9-5-4-6-13(15)10-11-17(16)19-14-7-2-1-3-8-14/h1-12,19H. The van der Waals surface area contributed by atoms with Gasteiger partial charge in [0.05, 0.1) is 0 Å². The molecular formula is C17H13OP. The molecule has 0 aliphatic heterocycles. The summed E-state index contributed by atoms with van der Waals surface area (Å²) in [7, 11) is 0.514. The summed E-state index contributed by atoms with van der Waals surface area (Å²) in [6.07, 6.45) is 0.980. The fourth-order valence-corrected chi connectivity index (χ4v) is 3.37. The van der Waals surface area contributed by atoms with Crippen molar-refractivity contribution in [1.82, 2.24) is 0 Å². The van der Waals surface area contributed by atoms with Crippen molar-refractivity contribution < 1.29 is 4.79 Å². The van der Waals surface area contributed by atoms with Crippen molar-refractivity contribution in [3.05, 3.63) is 72.3 Å². The summed E-state index contributed by atoms with van der Waals surface area (Å²) in [5, 5.41) is 4.52. The van der Waals surface area contributed by atoms with E-state index < -0.39 is 0 Å². The van der Waals surface area contributed by atoms with E-state index in [1.165, 1.54) is 5.30 Å². The minimum absolute atomic E-state index is 0.514. The second-order valence-corrected chi connectivity index (χ2v) is 5.72. The van der Waals surface area contributed by atoms with E-state index in [0.717, 1.165) is 27.9 Å². The van der Waals surface area contributed by atoms with Gasteiger partial charge < -0.3 is 0 Å². The van der Waals surface area contributed by atoms with Crippen molar-refractivity contribution >= 4 is 36.2 Å². The van der Waals surface area contributed by atoms with Gasteiger partial charge in [0, 0.05) is 5.56 Å². The third-order valence-electron chi connectivity index (χ3n) is 3.14. The molecule has 0 heterocycles. The summed E-state index contributed by atoms with van der Waals surface area (Å²) in [6.45, 7) is 0. The Kier molecular flexibility index (Phi) is 3.39. The summed E-state index contributed by atoms with van der Waals surface area (Å²) < 4.78 is 0. The second kappa shape index (κ2) is 5.34. The van der Waals surface area contributed by atoms with Crippen LogP contribution in [0.15, 0.2) is 66.7 Å². The molecule has 3 aromatic carbocycles. The average molecular weight is 264 g/mol. The van der Waals surface area contributed by atoms with E-state index in [9.17, 15) is 4.79 Å². The molecule has 0 saturated carbocycles. The number of carbonyl (C=O) groups excluding carboxylic acids is 1. The maximum atomic E-state index is 11.4. The Morgan fingerprint density at radius 3 is 2.32 bits per heavy atom. The number of carbonyl (C=O) groups is 1. The molecule has 2 heteroatoms. The first kappa shape index (κ1) is 12.1. The van der Waals surface area contributed by atoms with Crippen molar-refractivity contribution in [2.45, 2.75) is 0 Å². The highest BCUT2D eigenvalue weighted by molar-refractivity contribution is 7.55. The number of benzene rings is 3. The molecule has 0 bridgehead atoms. The summed E-state index contributed by atoms with van der Waals surface area (Å²) in [4.78, 5) is 11.4. The van der Waals surface area contributed by atoms with Crippen LogP contribution in [0.5, 0.6) is 0 Å². The van der Waals surface area contributed by atoms with Crippen molar-refractivity contribution in [1.29, 1.82) is 0 Å². The Labute approximate surface area is 114 Å². The van der Waals surface area contributed by atoms with Crippen LogP contribution in [0.2, 0.25) is 0 Å². The molecule has 0 fully saturated rings. The van der Waals surface area contributed by atoms with E-state index in [1.54, 1.807) is 0 Å². The molecular weight excluding hydrogens is 251 g/mol. The Morgan fingerprint density at radius 1 is 0.789 bits per heavy atom. The smallest absolute Gasteiger partial charge is 0.151 e. The van der Waals surface area contributed by atoms with Gasteiger partial charge in [-0.1, -0.05) is 75.3 Å². The Hall–Kier alpha value is -1.98. The van der Waals surface area contributed by atoms with Crippen LogP contribution >= 0.6 is 8.58 Å². The van der Waals surface area contributed by atoms with Gasteiger partial charge in [0.1, 0.15) is 0 Å². The van der Waals surface area contributed by atoms with Gasteiger partial charge in [0.2, 0.25) is 0 Å². The molecule has 1 nitrogen and oxygen atoms in total. The molecule has 0 amide bonds. The lowest BCUT2D eigenvalue weighted by atomic mass is 10.1. The molecule has 19 heavy (non-hydrogen) atoms. The third kappa shape index (κ3) is 2.43. The number of hydrogen-bond acceptors (Lipinski definition) is 1. The highest BCUT2D eigenvalue weighted by Crippen LogP contribution is 2.21. The third-order valence-corrected chi connectivity index (χ3v) is 4.47. The topological polar surface area (TPSA) is 17.1 Å². The molecule has 0 aliphatic rings. The van der Waals surface area contributed by atoms with Gasteiger partial charge in [0.15, 0.2) is 6.29 Å². The van der Waals surface area contributed by atoms with Crippen LogP contribution in [0.4, 0.5) is 0 Å². The van der Waals surface area contributed by atoms with Gasteiger partial charge in [-0.05, 0) is 21.4 Å². The summed E-state index contributed by atoms with van der Waals surface area (Å²) >= 11 is 0. The number of hydrogen-bond donors (Lipinski definition) is 0. The molecule has 0 spiro atoms. The predicted octanol–water partition coefficient (Wildman–Crippen LogP) is 3.28. The van der Waals surface area contributed by atoms with Crippen LogP contribution in [0, 0.1) is 0 Å². The molecule has 3 aromatic rings. The van der Waals surface area contributed by atoms with Crippen LogP contribution in [0.3, 0.4) is 0 Å². The van der Waals surface area contributed by atoms with Crippen molar-refractivity contribution in [3.63, 3.8) is 0 Å². The fraction of sp³-hybridized carbons (Fsp3) is 0. The van der Waals surface area contributed by atoms with Crippen molar-refractivity contribution in [3.8, 4) is 0 Å². The largest absolute Gasteiger partial charge is 0.298 e. The fourth-order valence-electron chi connectivity index (χ4n) is 2.21. The van der Waals surface area contributed by atoms with Crippen LogP contribution in [-0.4, -0.2) is 6.29 Å². The normalized spacial score (nSPS) is 11.2. The van der Waals surface area contributed by atoms with Gasteiger partial charge in [-0.3, -0.25) is 4.79 Å². The van der Waals surface area contributed by atoms with Gasteiger partial charge >= 0.3 is 0 Å². The monoisotopic (exact) mass is 264 g/mol. The zero-order valence-electron chi connectivity index (χ0n) is 10.3.